The molecule has 1 rings (SSSR count). The predicted octanol–water partition coefficient (Wildman–Crippen LogP) is 1.95. The summed E-state index contributed by atoms with van der Waals surface area (Å²) in [6.07, 6.45) is 6.20. The zero-order chi connectivity index (χ0) is 12.5. The normalized spacial score (nSPS) is 12.9. The predicted molar refractivity (Wildman–Crippen MR) is 69.0 cm³/mol. The number of aromatic nitrogens is 1. The molecule has 0 bridgehead atoms. The number of nitrogens with zero attached hydrogens (tertiary/aromatic N) is 1. The van der Waals surface area contributed by atoms with Crippen molar-refractivity contribution in [2.24, 2.45) is 5.73 Å². The minimum absolute atomic E-state index is 0.161. The van der Waals surface area contributed by atoms with Gasteiger partial charge in [0.1, 0.15) is 0 Å². The van der Waals surface area contributed by atoms with E-state index in [1.54, 1.807) is 7.11 Å². The van der Waals surface area contributed by atoms with Gasteiger partial charge in [-0.25, -0.2) is 0 Å². The highest BCUT2D eigenvalue weighted by atomic mass is 16.5. The maximum Gasteiger partial charge on any atom is 0.0700 e. The summed E-state index contributed by atoms with van der Waals surface area (Å²) in [5, 5.41) is 0. The Labute approximate surface area is 104 Å². The Balaban J connectivity index is 2.16. The highest BCUT2D eigenvalue weighted by molar-refractivity contribution is 5.14. The van der Waals surface area contributed by atoms with Crippen LogP contribution in [0.25, 0.3) is 0 Å². The van der Waals surface area contributed by atoms with Crippen LogP contribution in [0, 0.1) is 0 Å². The first kappa shape index (κ1) is 14.2. The fourth-order valence-electron chi connectivity index (χ4n) is 1.65. The highest BCUT2D eigenvalue weighted by Crippen LogP contribution is 2.13. The number of nitrogens with two attached hydrogens (primary N) is 1. The van der Waals surface area contributed by atoms with Gasteiger partial charge in [-0.15, -0.1) is 0 Å². The molecule has 0 spiro atoms. The van der Waals surface area contributed by atoms with Gasteiger partial charge < -0.3 is 19.8 Å². The van der Waals surface area contributed by atoms with Crippen molar-refractivity contribution in [1.29, 1.82) is 0 Å². The third-order valence-electron chi connectivity index (χ3n) is 2.78. The van der Waals surface area contributed by atoms with Crippen molar-refractivity contribution < 1.29 is 9.47 Å². The van der Waals surface area contributed by atoms with Gasteiger partial charge in [-0.05, 0) is 24.5 Å². The molecule has 0 fully saturated rings. The summed E-state index contributed by atoms with van der Waals surface area (Å²) in [6, 6.07) is 2.26. The molecule has 1 unspecified atom stereocenters. The lowest BCUT2D eigenvalue weighted by Crippen LogP contribution is -2.08. The molecule has 0 amide bonds. The highest BCUT2D eigenvalue weighted by Gasteiger charge is 2.04. The average molecular weight is 240 g/mol. The summed E-state index contributed by atoms with van der Waals surface area (Å²) in [5.74, 6) is 0. The quantitative estimate of drug-likeness (QED) is 0.671. The molecule has 1 aromatic rings. The summed E-state index contributed by atoms with van der Waals surface area (Å²) in [5.41, 5.74) is 7.18. The molecule has 17 heavy (non-hydrogen) atoms. The van der Waals surface area contributed by atoms with E-state index in [-0.39, 0.29) is 6.04 Å². The second-order valence-corrected chi connectivity index (χ2v) is 4.16. The van der Waals surface area contributed by atoms with E-state index in [1.807, 2.05) is 0 Å². The van der Waals surface area contributed by atoms with Gasteiger partial charge in [-0.2, -0.15) is 0 Å². The molecule has 4 heteroatoms. The fraction of sp³-hybridized carbons (Fsp3) is 0.692. The van der Waals surface area contributed by atoms with Crippen molar-refractivity contribution >= 4 is 0 Å². The molecule has 0 aliphatic heterocycles. The average Bonchev–Trinajstić information content (AvgIpc) is 2.81. The summed E-state index contributed by atoms with van der Waals surface area (Å²) in [4.78, 5) is 0. The SMILES string of the molecule is CCC(N)c1ccn(CCCOCCOC)c1. The van der Waals surface area contributed by atoms with Crippen LogP contribution in [0.4, 0.5) is 0 Å². The van der Waals surface area contributed by atoms with Crippen LogP contribution in [0.15, 0.2) is 18.5 Å². The third-order valence-corrected chi connectivity index (χ3v) is 2.78. The number of hydrogen-bond donors (Lipinski definition) is 1. The zero-order valence-electron chi connectivity index (χ0n) is 10.9. The number of methoxy groups -OCH3 is 1. The van der Waals surface area contributed by atoms with Gasteiger partial charge >= 0.3 is 0 Å². The van der Waals surface area contributed by atoms with Crippen molar-refractivity contribution in [1.82, 2.24) is 4.57 Å². The van der Waals surface area contributed by atoms with E-state index in [4.69, 9.17) is 15.2 Å². The maximum atomic E-state index is 5.97. The summed E-state index contributed by atoms with van der Waals surface area (Å²) in [6.45, 7) is 5.19. The number of hydrogen-bond acceptors (Lipinski definition) is 3. The molecule has 1 heterocycles. The van der Waals surface area contributed by atoms with Crippen molar-refractivity contribution in [2.45, 2.75) is 32.4 Å². The van der Waals surface area contributed by atoms with Gasteiger partial charge in [0.25, 0.3) is 0 Å². The molecule has 0 radical (unpaired) electrons. The van der Waals surface area contributed by atoms with Crippen LogP contribution in [0.3, 0.4) is 0 Å². The van der Waals surface area contributed by atoms with Crippen LogP contribution in [0.1, 0.15) is 31.4 Å². The standard InChI is InChI=1S/C13H24N2O2/c1-3-13(14)12-5-7-15(11-12)6-4-8-17-10-9-16-2/h5,7,11,13H,3-4,6,8-10,14H2,1-2H3. The van der Waals surface area contributed by atoms with E-state index in [2.05, 4.69) is 30.0 Å². The first-order chi connectivity index (χ1) is 8.27. The van der Waals surface area contributed by atoms with Crippen molar-refractivity contribution in [2.75, 3.05) is 26.9 Å². The van der Waals surface area contributed by atoms with E-state index >= 15 is 0 Å². The third kappa shape index (κ3) is 5.35. The molecular weight excluding hydrogens is 216 g/mol. The Morgan fingerprint density at radius 1 is 1.35 bits per heavy atom. The molecule has 98 valence electrons. The van der Waals surface area contributed by atoms with Gasteiger partial charge in [0, 0.05) is 38.7 Å². The Morgan fingerprint density at radius 2 is 2.18 bits per heavy atom. The smallest absolute Gasteiger partial charge is 0.0700 e. The van der Waals surface area contributed by atoms with E-state index in [0.717, 1.165) is 26.0 Å². The molecule has 0 aromatic carbocycles. The molecule has 1 aromatic heterocycles. The molecule has 1 atom stereocenters. The lowest BCUT2D eigenvalue weighted by Gasteiger charge is -2.06. The van der Waals surface area contributed by atoms with E-state index in [9.17, 15) is 0 Å². The van der Waals surface area contributed by atoms with Gasteiger partial charge in [0.05, 0.1) is 13.2 Å². The van der Waals surface area contributed by atoms with Gasteiger partial charge in [0.2, 0.25) is 0 Å². The second kappa shape index (κ2) is 8.28. The van der Waals surface area contributed by atoms with Crippen LogP contribution < -0.4 is 5.73 Å². The van der Waals surface area contributed by atoms with E-state index < -0.39 is 0 Å². The van der Waals surface area contributed by atoms with Gasteiger partial charge in [-0.3, -0.25) is 0 Å². The second-order valence-electron chi connectivity index (χ2n) is 4.16. The molecular formula is C13H24N2O2. The minimum Gasteiger partial charge on any atom is -0.382 e. The number of rotatable bonds is 9. The minimum atomic E-state index is 0.161. The molecule has 4 nitrogen and oxygen atoms in total. The van der Waals surface area contributed by atoms with Crippen LogP contribution in [-0.4, -0.2) is 31.5 Å². The van der Waals surface area contributed by atoms with Crippen molar-refractivity contribution in [3.8, 4) is 0 Å². The molecule has 2 N–H and O–H groups in total. The fourth-order valence-corrected chi connectivity index (χ4v) is 1.65. The summed E-state index contributed by atoms with van der Waals surface area (Å²) in [7, 11) is 1.68. The van der Waals surface area contributed by atoms with Gasteiger partial charge in [0.15, 0.2) is 0 Å². The van der Waals surface area contributed by atoms with Gasteiger partial charge in [-0.1, -0.05) is 6.92 Å². The summed E-state index contributed by atoms with van der Waals surface area (Å²) >= 11 is 0. The van der Waals surface area contributed by atoms with Crippen LogP contribution in [-0.2, 0) is 16.0 Å². The van der Waals surface area contributed by atoms with Crippen LogP contribution in [0.2, 0.25) is 0 Å². The first-order valence-electron chi connectivity index (χ1n) is 6.25. The monoisotopic (exact) mass is 240 g/mol. The Morgan fingerprint density at radius 3 is 2.88 bits per heavy atom. The first-order valence-corrected chi connectivity index (χ1v) is 6.25. The zero-order valence-corrected chi connectivity index (χ0v) is 10.9. The maximum absolute atomic E-state index is 5.97. The largest absolute Gasteiger partial charge is 0.382 e. The number of ether oxygens (including phenoxy) is 2. The van der Waals surface area contributed by atoms with Crippen molar-refractivity contribution in [3.05, 3.63) is 24.0 Å². The molecule has 0 saturated carbocycles. The van der Waals surface area contributed by atoms with Crippen LogP contribution in [0.5, 0.6) is 0 Å². The summed E-state index contributed by atoms with van der Waals surface area (Å²) < 4.78 is 12.5. The molecule has 0 aliphatic carbocycles. The van der Waals surface area contributed by atoms with E-state index in [0.29, 0.717) is 13.2 Å². The molecule has 0 aliphatic rings. The number of aryl methyl sites for hydroxylation is 1. The lowest BCUT2D eigenvalue weighted by atomic mass is 10.1. The molecule has 0 saturated heterocycles. The topological polar surface area (TPSA) is 49.4 Å². The lowest BCUT2D eigenvalue weighted by molar-refractivity contribution is 0.0680. The Hall–Kier alpha value is -0.840. The van der Waals surface area contributed by atoms with E-state index in [1.165, 1.54) is 5.56 Å². The van der Waals surface area contributed by atoms with Crippen molar-refractivity contribution in [3.63, 3.8) is 0 Å². The van der Waals surface area contributed by atoms with Crippen LogP contribution >= 0.6 is 0 Å². The Kier molecular flexibility index (Phi) is 6.93. The Bertz CT molecular complexity index is 299.